The van der Waals surface area contributed by atoms with Crippen LogP contribution < -0.4 is 14.8 Å². The van der Waals surface area contributed by atoms with Crippen LogP contribution in [-0.2, 0) is 16.6 Å². The van der Waals surface area contributed by atoms with E-state index in [0.29, 0.717) is 18.0 Å². The van der Waals surface area contributed by atoms with Crippen molar-refractivity contribution in [3.05, 3.63) is 41.3 Å². The van der Waals surface area contributed by atoms with Crippen molar-refractivity contribution in [2.75, 3.05) is 18.5 Å². The largest absolute Gasteiger partial charge is 0.497 e. The minimum atomic E-state index is -3.57. The summed E-state index contributed by atoms with van der Waals surface area (Å²) in [4.78, 5) is 0.836. The zero-order chi connectivity index (χ0) is 14.8. The average molecular weight is 312 g/mol. The molecule has 0 radical (unpaired) electrons. The van der Waals surface area contributed by atoms with Gasteiger partial charge in [-0.3, -0.25) is 4.31 Å². The van der Waals surface area contributed by atoms with Crippen molar-refractivity contribution in [2.45, 2.75) is 10.8 Å². The lowest BCUT2D eigenvalue weighted by Gasteiger charge is -2.18. The van der Waals surface area contributed by atoms with Gasteiger partial charge in [0.05, 0.1) is 12.8 Å². The first kappa shape index (κ1) is 14.8. The Bertz CT molecular complexity index is 695. The highest BCUT2D eigenvalue weighted by molar-refractivity contribution is 7.94. The molecule has 1 heterocycles. The van der Waals surface area contributed by atoms with Crippen molar-refractivity contribution in [1.29, 1.82) is 0 Å². The van der Waals surface area contributed by atoms with Crippen LogP contribution in [0.25, 0.3) is 0 Å². The number of benzene rings is 1. The highest BCUT2D eigenvalue weighted by Crippen LogP contribution is 2.29. The Morgan fingerprint density at radius 1 is 1.30 bits per heavy atom. The fourth-order valence-corrected chi connectivity index (χ4v) is 4.28. The van der Waals surface area contributed by atoms with Crippen LogP contribution >= 0.6 is 11.3 Å². The van der Waals surface area contributed by atoms with Crippen LogP contribution in [0, 0.1) is 0 Å². The molecule has 0 saturated carbocycles. The molecule has 0 saturated heterocycles. The van der Waals surface area contributed by atoms with E-state index in [-0.39, 0.29) is 4.21 Å². The van der Waals surface area contributed by atoms with Gasteiger partial charge >= 0.3 is 0 Å². The molecule has 1 aromatic carbocycles. The third kappa shape index (κ3) is 2.79. The monoisotopic (exact) mass is 312 g/mol. The first-order chi connectivity index (χ1) is 9.48. The Morgan fingerprint density at radius 2 is 2.05 bits per heavy atom. The first-order valence-corrected chi connectivity index (χ1v) is 8.16. The summed E-state index contributed by atoms with van der Waals surface area (Å²) in [6.07, 6.45) is 0. The van der Waals surface area contributed by atoms with E-state index in [1.165, 1.54) is 22.7 Å². The summed E-state index contributed by atoms with van der Waals surface area (Å²) >= 11 is 1.19. The van der Waals surface area contributed by atoms with Crippen molar-refractivity contribution >= 4 is 27.0 Å². The average Bonchev–Trinajstić information content (AvgIpc) is 2.96. The quantitative estimate of drug-likeness (QED) is 0.917. The van der Waals surface area contributed by atoms with Crippen LogP contribution in [0.5, 0.6) is 5.75 Å². The molecule has 0 aliphatic heterocycles. The molecule has 7 heteroatoms. The van der Waals surface area contributed by atoms with Crippen molar-refractivity contribution in [3.63, 3.8) is 0 Å². The van der Waals surface area contributed by atoms with Crippen LogP contribution in [0.2, 0.25) is 0 Å². The predicted molar refractivity (Wildman–Crippen MR) is 80.8 cm³/mol. The minimum absolute atomic E-state index is 0.281. The highest BCUT2D eigenvalue weighted by Gasteiger charge is 2.23. The zero-order valence-corrected chi connectivity index (χ0v) is 12.9. The molecule has 0 bridgehead atoms. The Morgan fingerprint density at radius 3 is 2.65 bits per heavy atom. The van der Waals surface area contributed by atoms with E-state index in [1.54, 1.807) is 43.5 Å². The van der Waals surface area contributed by atoms with Gasteiger partial charge in [0.1, 0.15) is 9.96 Å². The molecule has 0 fully saturated rings. The lowest BCUT2D eigenvalue weighted by Crippen LogP contribution is -2.25. The lowest BCUT2D eigenvalue weighted by molar-refractivity contribution is 0.415. The SMILES string of the molecule is COc1cccc(N(C)S(=O)(=O)c2ccc(CN)s2)c1. The number of nitrogens with zero attached hydrogens (tertiary/aromatic N) is 1. The second kappa shape index (κ2) is 5.82. The maximum atomic E-state index is 12.5. The van der Waals surface area contributed by atoms with Gasteiger partial charge in [0.15, 0.2) is 0 Å². The summed E-state index contributed by atoms with van der Waals surface area (Å²) < 4.78 is 31.7. The molecule has 2 rings (SSSR count). The van der Waals surface area contributed by atoms with Gasteiger partial charge in [0.25, 0.3) is 10.0 Å². The topological polar surface area (TPSA) is 72.6 Å². The van der Waals surface area contributed by atoms with Gasteiger partial charge in [-0.1, -0.05) is 6.07 Å². The standard InChI is InChI=1S/C13H16N2O3S2/c1-15(10-4-3-5-11(8-10)18-2)20(16,17)13-7-6-12(9-14)19-13/h3-8H,9,14H2,1-2H3. The number of nitrogens with two attached hydrogens (primary N) is 1. The van der Waals surface area contributed by atoms with E-state index in [0.717, 1.165) is 4.88 Å². The van der Waals surface area contributed by atoms with Gasteiger partial charge in [-0.2, -0.15) is 0 Å². The van der Waals surface area contributed by atoms with Crippen molar-refractivity contribution in [3.8, 4) is 5.75 Å². The third-order valence-electron chi connectivity index (χ3n) is 2.87. The van der Waals surface area contributed by atoms with Gasteiger partial charge in [0.2, 0.25) is 0 Å². The first-order valence-electron chi connectivity index (χ1n) is 5.91. The smallest absolute Gasteiger partial charge is 0.273 e. The summed E-state index contributed by atoms with van der Waals surface area (Å²) in [5.74, 6) is 0.610. The fourth-order valence-electron chi connectivity index (χ4n) is 1.69. The second-order valence-corrected chi connectivity index (χ2v) is 7.46. The number of hydrogen-bond donors (Lipinski definition) is 1. The van der Waals surface area contributed by atoms with Gasteiger partial charge in [-0.25, -0.2) is 8.42 Å². The molecule has 20 heavy (non-hydrogen) atoms. The number of methoxy groups -OCH3 is 1. The summed E-state index contributed by atoms with van der Waals surface area (Å²) in [5.41, 5.74) is 6.07. The summed E-state index contributed by atoms with van der Waals surface area (Å²) in [6, 6.07) is 10.2. The molecule has 0 aliphatic carbocycles. The summed E-state index contributed by atoms with van der Waals surface area (Å²) in [7, 11) is -0.504. The number of sulfonamides is 1. The molecule has 0 amide bonds. The van der Waals surface area contributed by atoms with Gasteiger partial charge < -0.3 is 10.5 Å². The second-order valence-electron chi connectivity index (χ2n) is 4.10. The van der Waals surface area contributed by atoms with Crippen LogP contribution in [0.15, 0.2) is 40.6 Å². The molecule has 0 atom stereocenters. The predicted octanol–water partition coefficient (Wildman–Crippen LogP) is 2.04. The number of anilines is 1. The Kier molecular flexibility index (Phi) is 4.32. The lowest BCUT2D eigenvalue weighted by atomic mass is 10.3. The van der Waals surface area contributed by atoms with E-state index < -0.39 is 10.0 Å². The van der Waals surface area contributed by atoms with Gasteiger partial charge in [0, 0.05) is 24.5 Å². The molecule has 0 unspecified atom stereocenters. The van der Waals surface area contributed by atoms with E-state index >= 15 is 0 Å². The molecule has 2 N–H and O–H groups in total. The van der Waals surface area contributed by atoms with E-state index in [4.69, 9.17) is 10.5 Å². The molecule has 5 nitrogen and oxygen atoms in total. The normalized spacial score (nSPS) is 11.3. The highest BCUT2D eigenvalue weighted by atomic mass is 32.2. The van der Waals surface area contributed by atoms with Gasteiger partial charge in [-0.05, 0) is 24.3 Å². The molecule has 0 aliphatic rings. The van der Waals surface area contributed by atoms with Crippen molar-refractivity contribution in [1.82, 2.24) is 0 Å². The van der Waals surface area contributed by atoms with Crippen LogP contribution in [0.1, 0.15) is 4.88 Å². The molecule has 1 aromatic heterocycles. The Balaban J connectivity index is 2.37. The molecular formula is C13H16N2O3S2. The number of hydrogen-bond acceptors (Lipinski definition) is 5. The Hall–Kier alpha value is -1.57. The van der Waals surface area contributed by atoms with Crippen molar-refractivity contribution < 1.29 is 13.2 Å². The van der Waals surface area contributed by atoms with Crippen LogP contribution in [0.4, 0.5) is 5.69 Å². The maximum absolute atomic E-state index is 12.5. The number of rotatable bonds is 5. The Labute approximate surface area is 122 Å². The summed E-state index contributed by atoms with van der Waals surface area (Å²) in [5, 5.41) is 0. The van der Waals surface area contributed by atoms with Crippen LogP contribution in [0.3, 0.4) is 0 Å². The maximum Gasteiger partial charge on any atom is 0.273 e. The van der Waals surface area contributed by atoms with Gasteiger partial charge in [-0.15, -0.1) is 11.3 Å². The number of ether oxygens (including phenoxy) is 1. The fraction of sp³-hybridized carbons (Fsp3) is 0.231. The van der Waals surface area contributed by atoms with E-state index in [1.807, 2.05) is 0 Å². The van der Waals surface area contributed by atoms with E-state index in [9.17, 15) is 8.42 Å². The van der Waals surface area contributed by atoms with Crippen molar-refractivity contribution in [2.24, 2.45) is 5.73 Å². The molecule has 108 valence electrons. The molecule has 2 aromatic rings. The zero-order valence-electron chi connectivity index (χ0n) is 11.2. The van der Waals surface area contributed by atoms with E-state index in [2.05, 4.69) is 0 Å². The molecule has 0 spiro atoms. The number of thiophene rings is 1. The van der Waals surface area contributed by atoms with Crippen LogP contribution in [-0.4, -0.2) is 22.6 Å². The third-order valence-corrected chi connectivity index (χ3v) is 6.23. The molecular weight excluding hydrogens is 296 g/mol. The minimum Gasteiger partial charge on any atom is -0.497 e. The summed E-state index contributed by atoms with van der Waals surface area (Å²) in [6.45, 7) is 0.336.